The van der Waals surface area contributed by atoms with Crippen molar-refractivity contribution in [3.05, 3.63) is 72.2 Å². The van der Waals surface area contributed by atoms with Gasteiger partial charge in [-0.25, -0.2) is 9.97 Å². The number of carbonyl (C=O) groups is 2. The van der Waals surface area contributed by atoms with E-state index < -0.39 is 0 Å². The Hall–Kier alpha value is -3.89. The maximum atomic E-state index is 13.7. The van der Waals surface area contributed by atoms with Crippen molar-refractivity contribution in [3.8, 4) is 17.1 Å². The van der Waals surface area contributed by atoms with E-state index in [0.717, 1.165) is 78.8 Å². The van der Waals surface area contributed by atoms with Crippen molar-refractivity contribution in [2.24, 2.45) is 11.3 Å². The number of hydrogen-bond donors (Lipinski definition) is 3. The van der Waals surface area contributed by atoms with Crippen molar-refractivity contribution >= 4 is 34.5 Å². The fourth-order valence-electron chi connectivity index (χ4n) is 6.84. The Morgan fingerprint density at radius 2 is 1.91 bits per heavy atom. The standard InChI is InChI=1S/C36H44N6O3S/c1-4-42-19-16-36(17-20-42)22-27(36)34(44)40-29(14-9-10-18-37-33(43)25-12-6-8-15-31(25)46-3)32-38-23-30(39-32)26-21-24-11-5-7-13-28(24)41-35(26)45-2/h5-8,11-13,15,21,23,27,29H,4,9-10,14,16-20,22H2,1-3H3,(H,37,43)(H,38,39)(H,40,44)/t27-,29+/m1/s1. The Morgan fingerprint density at radius 1 is 1.13 bits per heavy atom. The van der Waals surface area contributed by atoms with E-state index in [1.54, 1.807) is 25.1 Å². The van der Waals surface area contributed by atoms with Crippen LogP contribution >= 0.6 is 11.8 Å². The number of H-pyrrole nitrogens is 1. The first-order valence-corrected chi connectivity index (χ1v) is 17.6. The van der Waals surface area contributed by atoms with Gasteiger partial charge in [0.25, 0.3) is 5.91 Å². The van der Waals surface area contributed by atoms with Gasteiger partial charge in [-0.15, -0.1) is 11.8 Å². The summed E-state index contributed by atoms with van der Waals surface area (Å²) in [6, 6.07) is 17.4. The first-order valence-electron chi connectivity index (χ1n) is 16.4. The Labute approximate surface area is 275 Å². The monoisotopic (exact) mass is 640 g/mol. The van der Waals surface area contributed by atoms with Gasteiger partial charge in [-0.05, 0) is 94.1 Å². The van der Waals surface area contributed by atoms with Crippen molar-refractivity contribution in [1.29, 1.82) is 0 Å². The molecule has 2 aromatic heterocycles. The van der Waals surface area contributed by atoms with E-state index in [4.69, 9.17) is 14.7 Å². The summed E-state index contributed by atoms with van der Waals surface area (Å²) in [5.74, 6) is 1.36. The molecule has 3 N–H and O–H groups in total. The number of fused-ring (bicyclic) bond motifs is 1. The number of nitrogens with one attached hydrogen (secondary N) is 3. The molecule has 1 spiro atoms. The van der Waals surface area contributed by atoms with Gasteiger partial charge < -0.3 is 25.3 Å². The summed E-state index contributed by atoms with van der Waals surface area (Å²) in [5, 5.41) is 7.45. The second-order valence-electron chi connectivity index (χ2n) is 12.5. The van der Waals surface area contributed by atoms with Crippen LogP contribution in [0.1, 0.15) is 67.7 Å². The highest BCUT2D eigenvalue weighted by atomic mass is 32.2. The molecule has 0 radical (unpaired) electrons. The van der Waals surface area contributed by atoms with Gasteiger partial charge in [0, 0.05) is 22.7 Å². The third kappa shape index (κ3) is 6.93. The molecule has 2 aliphatic rings. The summed E-state index contributed by atoms with van der Waals surface area (Å²) in [5.41, 5.74) is 3.32. The number of likely N-dealkylation sites (tertiary alicyclic amines) is 1. The van der Waals surface area contributed by atoms with Gasteiger partial charge in [-0.3, -0.25) is 9.59 Å². The molecule has 3 heterocycles. The Morgan fingerprint density at radius 3 is 2.70 bits per heavy atom. The lowest BCUT2D eigenvalue weighted by atomic mass is 9.90. The number of ether oxygens (including phenoxy) is 1. The average molecular weight is 641 g/mol. The van der Waals surface area contributed by atoms with Crippen LogP contribution in [0, 0.1) is 11.3 Å². The number of piperidine rings is 1. The molecule has 0 unspecified atom stereocenters. The highest BCUT2D eigenvalue weighted by molar-refractivity contribution is 7.98. The van der Waals surface area contributed by atoms with E-state index in [9.17, 15) is 9.59 Å². The van der Waals surface area contributed by atoms with Crippen LogP contribution < -0.4 is 15.4 Å². The van der Waals surface area contributed by atoms with Crippen LogP contribution in [0.15, 0.2) is 65.7 Å². The molecule has 1 aliphatic carbocycles. The molecule has 2 atom stereocenters. The van der Waals surface area contributed by atoms with E-state index in [2.05, 4.69) is 33.5 Å². The summed E-state index contributed by atoms with van der Waals surface area (Å²) in [6.45, 7) is 5.97. The lowest BCUT2D eigenvalue weighted by Gasteiger charge is -2.32. The Bertz CT molecular complexity index is 1680. The molecule has 1 aliphatic heterocycles. The second-order valence-corrected chi connectivity index (χ2v) is 13.3. The summed E-state index contributed by atoms with van der Waals surface area (Å²) < 4.78 is 5.65. The molecule has 2 fully saturated rings. The van der Waals surface area contributed by atoms with Crippen molar-refractivity contribution in [3.63, 3.8) is 0 Å². The number of aromatic nitrogens is 3. The SMILES string of the molecule is CCN1CCC2(CC1)C[C@@H]2C(=O)N[C@@H](CCCCNC(=O)c1ccccc1SC)c1ncc(-c2cc3ccccc3nc2OC)[nH]1. The number of amides is 2. The molecular weight excluding hydrogens is 597 g/mol. The van der Waals surface area contributed by atoms with Crippen LogP contribution in [-0.2, 0) is 4.79 Å². The van der Waals surface area contributed by atoms with Gasteiger partial charge in [0.15, 0.2) is 0 Å². The van der Waals surface area contributed by atoms with Crippen molar-refractivity contribution in [2.75, 3.05) is 39.5 Å². The van der Waals surface area contributed by atoms with E-state index in [1.807, 2.05) is 54.8 Å². The van der Waals surface area contributed by atoms with Crippen LogP contribution in [0.5, 0.6) is 5.88 Å². The number of pyridine rings is 1. The number of rotatable bonds is 13. The van der Waals surface area contributed by atoms with Gasteiger partial charge >= 0.3 is 0 Å². The zero-order valence-electron chi connectivity index (χ0n) is 27.0. The third-order valence-electron chi connectivity index (χ3n) is 9.78. The molecule has 46 heavy (non-hydrogen) atoms. The van der Waals surface area contributed by atoms with Crippen LogP contribution in [0.4, 0.5) is 0 Å². The molecule has 242 valence electrons. The lowest BCUT2D eigenvalue weighted by Crippen LogP contribution is -2.37. The van der Waals surface area contributed by atoms with Crippen LogP contribution in [0.25, 0.3) is 22.2 Å². The Balaban J connectivity index is 1.14. The van der Waals surface area contributed by atoms with E-state index in [1.165, 1.54) is 0 Å². The smallest absolute Gasteiger partial charge is 0.252 e. The van der Waals surface area contributed by atoms with Gasteiger partial charge in [0.1, 0.15) is 5.82 Å². The highest BCUT2D eigenvalue weighted by Crippen LogP contribution is 2.59. The summed E-state index contributed by atoms with van der Waals surface area (Å²) in [6.07, 6.45) is 9.22. The summed E-state index contributed by atoms with van der Waals surface area (Å²) >= 11 is 1.57. The van der Waals surface area contributed by atoms with Gasteiger partial charge in [-0.1, -0.05) is 37.3 Å². The molecule has 1 saturated heterocycles. The molecule has 10 heteroatoms. The number of imidazole rings is 1. The van der Waals surface area contributed by atoms with E-state index >= 15 is 0 Å². The first-order chi connectivity index (χ1) is 22.4. The molecule has 9 nitrogen and oxygen atoms in total. The number of thioether (sulfide) groups is 1. The fourth-order valence-corrected chi connectivity index (χ4v) is 7.43. The minimum Gasteiger partial charge on any atom is -0.480 e. The maximum Gasteiger partial charge on any atom is 0.252 e. The van der Waals surface area contributed by atoms with Crippen molar-refractivity contribution in [1.82, 2.24) is 30.5 Å². The number of hydrogen-bond acceptors (Lipinski definition) is 7. The second kappa shape index (κ2) is 14.3. The number of para-hydroxylation sites is 1. The van der Waals surface area contributed by atoms with E-state index in [-0.39, 0.29) is 29.2 Å². The normalized spacial score (nSPS) is 17.9. The minimum absolute atomic E-state index is 0.0587. The lowest BCUT2D eigenvalue weighted by molar-refractivity contribution is -0.124. The number of benzene rings is 2. The zero-order chi connectivity index (χ0) is 32.1. The third-order valence-corrected chi connectivity index (χ3v) is 10.6. The molecule has 2 aromatic carbocycles. The molecule has 6 rings (SSSR count). The number of carbonyl (C=O) groups excluding carboxylic acids is 2. The number of methoxy groups -OCH3 is 1. The largest absolute Gasteiger partial charge is 0.480 e. The van der Waals surface area contributed by atoms with Crippen molar-refractivity contribution in [2.45, 2.75) is 56.4 Å². The summed E-state index contributed by atoms with van der Waals surface area (Å²) in [7, 11) is 1.62. The number of aromatic amines is 1. The predicted molar refractivity (Wildman–Crippen MR) is 183 cm³/mol. The van der Waals surface area contributed by atoms with Gasteiger partial charge in [0.05, 0.1) is 41.7 Å². The zero-order valence-corrected chi connectivity index (χ0v) is 27.8. The maximum absolute atomic E-state index is 13.7. The average Bonchev–Trinajstić information content (AvgIpc) is 3.57. The fraction of sp³-hybridized carbons (Fsp3) is 0.444. The van der Waals surface area contributed by atoms with Crippen LogP contribution in [-0.4, -0.2) is 71.2 Å². The topological polar surface area (TPSA) is 112 Å². The molecule has 4 aromatic rings. The molecular formula is C36H44N6O3S. The first kappa shape index (κ1) is 32.1. The van der Waals surface area contributed by atoms with Crippen LogP contribution in [0.2, 0.25) is 0 Å². The van der Waals surface area contributed by atoms with Gasteiger partial charge in [-0.2, -0.15) is 0 Å². The molecule has 1 saturated carbocycles. The molecule has 0 bridgehead atoms. The van der Waals surface area contributed by atoms with E-state index in [0.29, 0.717) is 30.2 Å². The minimum atomic E-state index is -0.276. The summed E-state index contributed by atoms with van der Waals surface area (Å²) in [4.78, 5) is 42.9. The molecule has 2 amide bonds. The quantitative estimate of drug-likeness (QED) is 0.117. The highest BCUT2D eigenvalue weighted by Gasteiger charge is 2.58. The van der Waals surface area contributed by atoms with Crippen molar-refractivity contribution < 1.29 is 14.3 Å². The van der Waals surface area contributed by atoms with Crippen LogP contribution in [0.3, 0.4) is 0 Å². The number of nitrogens with zero attached hydrogens (tertiary/aromatic N) is 3. The number of unbranched alkanes of at least 4 members (excludes halogenated alkanes) is 1. The predicted octanol–water partition coefficient (Wildman–Crippen LogP) is 6.24. The van der Waals surface area contributed by atoms with Gasteiger partial charge in [0.2, 0.25) is 11.8 Å². The Kier molecular flexibility index (Phi) is 9.94.